The lowest BCUT2D eigenvalue weighted by atomic mass is 9.95. The number of pyridine rings is 1. The first-order valence-electron chi connectivity index (χ1n) is 11.0. The maximum absolute atomic E-state index is 13.2. The lowest BCUT2D eigenvalue weighted by Gasteiger charge is -2.19. The number of hydrogen-bond acceptors (Lipinski definition) is 6. The molecular weight excluding hydrogens is 408 g/mol. The second-order valence-electron chi connectivity index (χ2n) is 7.84. The number of fused-ring (bicyclic) bond motifs is 2. The Balaban J connectivity index is 1.59. The number of nitrogens with one attached hydrogen (secondary N) is 1. The third kappa shape index (κ3) is 4.26. The van der Waals surface area contributed by atoms with Gasteiger partial charge in [0.2, 0.25) is 5.91 Å². The molecule has 0 fully saturated rings. The highest BCUT2D eigenvalue weighted by molar-refractivity contribution is 5.95. The average Bonchev–Trinajstić information content (AvgIpc) is 2.80. The Hall–Kier alpha value is -3.55. The number of carbonyl (C=O) groups is 2. The molecule has 166 valence electrons. The number of rotatable bonds is 6. The first-order chi connectivity index (χ1) is 15.5. The molecule has 1 atom stereocenters. The van der Waals surface area contributed by atoms with E-state index >= 15 is 0 Å². The Bertz CT molecular complexity index is 1220. The smallest absolute Gasteiger partial charge is 0.338 e. The molecule has 2 aromatic heterocycles. The molecule has 1 aliphatic carbocycles. The van der Waals surface area contributed by atoms with Gasteiger partial charge in [-0.3, -0.25) is 14.2 Å². The molecule has 4 rings (SSSR count). The minimum atomic E-state index is -0.722. The predicted octanol–water partition coefficient (Wildman–Crippen LogP) is 3.44. The van der Waals surface area contributed by atoms with Gasteiger partial charge in [0, 0.05) is 11.4 Å². The molecule has 8 heteroatoms. The van der Waals surface area contributed by atoms with Crippen LogP contribution < -0.4 is 10.9 Å². The van der Waals surface area contributed by atoms with E-state index in [1.165, 1.54) is 10.9 Å². The lowest BCUT2D eigenvalue weighted by molar-refractivity contribution is -0.119. The summed E-state index contributed by atoms with van der Waals surface area (Å²) in [4.78, 5) is 46.9. The van der Waals surface area contributed by atoms with Crippen LogP contribution in [-0.4, -0.2) is 33.0 Å². The molecule has 32 heavy (non-hydrogen) atoms. The number of aryl methyl sites for hydroxylation is 2. The van der Waals surface area contributed by atoms with Crippen LogP contribution in [0, 0.1) is 0 Å². The topological polar surface area (TPSA) is 103 Å². The molecule has 3 aromatic rings. The molecule has 0 spiro atoms. The summed E-state index contributed by atoms with van der Waals surface area (Å²) in [5, 5.41) is 3.26. The summed E-state index contributed by atoms with van der Waals surface area (Å²) in [5.74, 6) is -0.744. The summed E-state index contributed by atoms with van der Waals surface area (Å²) in [7, 11) is 0. The van der Waals surface area contributed by atoms with E-state index in [0.29, 0.717) is 35.3 Å². The number of nitrogens with zero attached hydrogens (tertiary/aromatic N) is 3. The maximum atomic E-state index is 13.2. The maximum Gasteiger partial charge on any atom is 0.338 e. The van der Waals surface area contributed by atoms with Gasteiger partial charge in [-0.15, -0.1) is 0 Å². The second-order valence-corrected chi connectivity index (χ2v) is 7.84. The molecule has 0 saturated carbocycles. The van der Waals surface area contributed by atoms with Crippen molar-refractivity contribution in [2.45, 2.75) is 52.0 Å². The van der Waals surface area contributed by atoms with Gasteiger partial charge in [-0.05, 0) is 74.9 Å². The monoisotopic (exact) mass is 434 g/mol. The number of carbonyl (C=O) groups excluding carboxylic acids is 2. The molecule has 0 saturated heterocycles. The van der Waals surface area contributed by atoms with E-state index in [2.05, 4.69) is 15.3 Å². The highest BCUT2D eigenvalue weighted by Crippen LogP contribution is 2.22. The fourth-order valence-corrected chi connectivity index (χ4v) is 4.05. The van der Waals surface area contributed by atoms with E-state index in [-0.39, 0.29) is 11.5 Å². The van der Waals surface area contributed by atoms with Gasteiger partial charge in [0.05, 0.1) is 17.6 Å². The molecule has 1 amide bonds. The van der Waals surface area contributed by atoms with Crippen LogP contribution in [-0.2, 0) is 22.4 Å². The Morgan fingerprint density at radius 3 is 2.62 bits per heavy atom. The number of anilines is 1. The summed E-state index contributed by atoms with van der Waals surface area (Å²) >= 11 is 0. The van der Waals surface area contributed by atoms with Crippen LogP contribution in [0.25, 0.3) is 11.0 Å². The minimum absolute atomic E-state index is 0.268. The van der Waals surface area contributed by atoms with Crippen molar-refractivity contribution in [1.29, 1.82) is 0 Å². The van der Waals surface area contributed by atoms with Gasteiger partial charge < -0.3 is 10.1 Å². The number of amides is 1. The van der Waals surface area contributed by atoms with Gasteiger partial charge in [-0.2, -0.15) is 0 Å². The van der Waals surface area contributed by atoms with Crippen molar-refractivity contribution in [3.63, 3.8) is 0 Å². The van der Waals surface area contributed by atoms with E-state index in [0.717, 1.165) is 36.9 Å². The average molecular weight is 434 g/mol. The second kappa shape index (κ2) is 9.30. The Morgan fingerprint density at radius 2 is 1.91 bits per heavy atom. The Morgan fingerprint density at radius 1 is 1.16 bits per heavy atom. The van der Waals surface area contributed by atoms with Gasteiger partial charge in [-0.25, -0.2) is 14.8 Å². The van der Waals surface area contributed by atoms with Crippen LogP contribution in [0.3, 0.4) is 0 Å². The molecule has 0 radical (unpaired) electrons. The fraction of sp³-hybridized carbons (Fsp3) is 0.375. The highest BCUT2D eigenvalue weighted by atomic mass is 16.5. The zero-order chi connectivity index (χ0) is 22.7. The number of ether oxygens (including phenoxy) is 1. The summed E-state index contributed by atoms with van der Waals surface area (Å²) in [5.41, 5.74) is 3.21. The van der Waals surface area contributed by atoms with Crippen LogP contribution in [0.5, 0.6) is 0 Å². The quantitative estimate of drug-likeness (QED) is 0.596. The Kier molecular flexibility index (Phi) is 6.30. The molecule has 1 aliphatic rings. The molecule has 1 aromatic carbocycles. The fourth-order valence-electron chi connectivity index (χ4n) is 4.05. The highest BCUT2D eigenvalue weighted by Gasteiger charge is 2.22. The van der Waals surface area contributed by atoms with Crippen LogP contribution in [0.15, 0.2) is 41.5 Å². The van der Waals surface area contributed by atoms with Gasteiger partial charge >= 0.3 is 5.97 Å². The van der Waals surface area contributed by atoms with Crippen molar-refractivity contribution < 1.29 is 14.3 Å². The van der Waals surface area contributed by atoms with E-state index in [9.17, 15) is 14.4 Å². The number of esters is 1. The third-order valence-electron chi connectivity index (χ3n) is 5.74. The van der Waals surface area contributed by atoms with Crippen molar-refractivity contribution in [3.8, 4) is 0 Å². The summed E-state index contributed by atoms with van der Waals surface area (Å²) in [6.45, 7) is 3.88. The summed E-state index contributed by atoms with van der Waals surface area (Å²) in [6, 6.07) is 7.62. The van der Waals surface area contributed by atoms with Crippen LogP contribution in [0.2, 0.25) is 0 Å². The number of aromatic nitrogens is 3. The van der Waals surface area contributed by atoms with Crippen molar-refractivity contribution in [2.24, 2.45) is 0 Å². The van der Waals surface area contributed by atoms with E-state index in [1.807, 2.05) is 13.0 Å². The normalized spacial score (nSPS) is 13.9. The Labute approximate surface area is 185 Å². The summed E-state index contributed by atoms with van der Waals surface area (Å²) < 4.78 is 6.35. The van der Waals surface area contributed by atoms with Crippen molar-refractivity contribution in [2.75, 3.05) is 11.9 Å². The predicted molar refractivity (Wildman–Crippen MR) is 121 cm³/mol. The standard InChI is InChI=1S/C24H26N4O4/c1-3-20(22(29)26-17-11-9-15(10-12-17)24(31)32-4-2)28-14-25-21-18(23(28)30)13-16-7-5-6-8-19(16)27-21/h9-14,20H,3-8H2,1-2H3,(H,26,29)/t20-/m0/s1. The van der Waals surface area contributed by atoms with Gasteiger partial charge in [0.1, 0.15) is 12.4 Å². The van der Waals surface area contributed by atoms with Gasteiger partial charge in [-0.1, -0.05) is 6.92 Å². The lowest BCUT2D eigenvalue weighted by Crippen LogP contribution is -2.33. The van der Waals surface area contributed by atoms with E-state index in [4.69, 9.17) is 4.74 Å². The molecule has 1 N–H and O–H groups in total. The molecule has 0 bridgehead atoms. The molecule has 2 heterocycles. The van der Waals surface area contributed by atoms with E-state index < -0.39 is 12.0 Å². The molecule has 0 aliphatic heterocycles. The SMILES string of the molecule is CCOC(=O)c1ccc(NC(=O)[C@H](CC)n2cnc3nc4c(cc3c2=O)CCCC4)cc1. The third-order valence-corrected chi connectivity index (χ3v) is 5.74. The van der Waals surface area contributed by atoms with E-state index in [1.54, 1.807) is 31.2 Å². The van der Waals surface area contributed by atoms with Gasteiger partial charge in [0.15, 0.2) is 5.65 Å². The zero-order valence-electron chi connectivity index (χ0n) is 18.3. The molecular formula is C24H26N4O4. The van der Waals surface area contributed by atoms with Crippen LogP contribution in [0.4, 0.5) is 5.69 Å². The largest absolute Gasteiger partial charge is 0.462 e. The van der Waals surface area contributed by atoms with Gasteiger partial charge in [0.25, 0.3) is 5.56 Å². The molecule has 0 unspecified atom stereocenters. The molecule has 8 nitrogen and oxygen atoms in total. The van der Waals surface area contributed by atoms with Crippen molar-refractivity contribution >= 4 is 28.6 Å². The zero-order valence-corrected chi connectivity index (χ0v) is 18.3. The first kappa shape index (κ1) is 21.7. The number of hydrogen-bond donors (Lipinski definition) is 1. The summed E-state index contributed by atoms with van der Waals surface area (Å²) in [6.07, 6.45) is 5.82. The van der Waals surface area contributed by atoms with Crippen LogP contribution in [0.1, 0.15) is 60.8 Å². The van der Waals surface area contributed by atoms with Crippen LogP contribution >= 0.6 is 0 Å². The number of benzene rings is 1. The first-order valence-corrected chi connectivity index (χ1v) is 11.0. The van der Waals surface area contributed by atoms with Crippen molar-refractivity contribution in [3.05, 3.63) is 63.8 Å². The van der Waals surface area contributed by atoms with Crippen molar-refractivity contribution in [1.82, 2.24) is 14.5 Å². The minimum Gasteiger partial charge on any atom is -0.462 e.